The molecule has 1 aromatic carbocycles. The molecular weight excluding hydrogens is 268 g/mol. The van der Waals surface area contributed by atoms with Crippen LogP contribution in [0, 0.1) is 0 Å². The first-order chi connectivity index (χ1) is 10.0. The Kier molecular flexibility index (Phi) is 3.55. The Bertz CT molecular complexity index is 565. The lowest BCUT2D eigenvalue weighted by Gasteiger charge is -2.40. The van der Waals surface area contributed by atoms with Gasteiger partial charge in [-0.25, -0.2) is 4.79 Å². The summed E-state index contributed by atoms with van der Waals surface area (Å²) in [5.41, 5.74) is 1.46. The van der Waals surface area contributed by atoms with Crippen LogP contribution in [0.4, 0.5) is 16.2 Å². The molecule has 1 saturated heterocycles. The van der Waals surface area contributed by atoms with Crippen LogP contribution in [0.3, 0.4) is 0 Å². The number of urea groups is 1. The van der Waals surface area contributed by atoms with E-state index in [1.807, 2.05) is 29.2 Å². The lowest BCUT2D eigenvalue weighted by atomic mass is 10.1. The van der Waals surface area contributed by atoms with E-state index in [4.69, 9.17) is 0 Å². The Morgan fingerprint density at radius 3 is 2.57 bits per heavy atom. The van der Waals surface area contributed by atoms with Crippen LogP contribution in [-0.4, -0.2) is 48.6 Å². The Morgan fingerprint density at radius 1 is 1.19 bits per heavy atom. The van der Waals surface area contributed by atoms with Crippen LogP contribution in [0.2, 0.25) is 0 Å². The maximum atomic E-state index is 12.8. The number of piperazine rings is 1. The second kappa shape index (κ2) is 5.37. The zero-order valence-corrected chi connectivity index (χ0v) is 12.3. The van der Waals surface area contributed by atoms with Gasteiger partial charge in [-0.05, 0) is 26.0 Å². The number of amides is 3. The van der Waals surface area contributed by atoms with E-state index in [1.54, 1.807) is 4.90 Å². The molecule has 0 saturated carbocycles. The molecule has 1 aromatic rings. The van der Waals surface area contributed by atoms with Crippen LogP contribution in [0.15, 0.2) is 24.3 Å². The van der Waals surface area contributed by atoms with Crippen molar-refractivity contribution in [3.8, 4) is 0 Å². The number of carbonyl (C=O) groups is 2. The quantitative estimate of drug-likeness (QED) is 0.755. The molecule has 2 aliphatic heterocycles. The largest absolute Gasteiger partial charge is 0.325 e. The van der Waals surface area contributed by atoms with Gasteiger partial charge in [-0.1, -0.05) is 12.1 Å². The fraction of sp³-hybridized carbons (Fsp3) is 0.467. The Labute approximate surface area is 124 Å². The van der Waals surface area contributed by atoms with E-state index < -0.39 is 0 Å². The summed E-state index contributed by atoms with van der Waals surface area (Å²) in [6.45, 7) is 5.51. The lowest BCUT2D eigenvalue weighted by Crippen LogP contribution is -2.59. The number of hydrogen-bond donors (Lipinski definition) is 2. The van der Waals surface area contributed by atoms with Gasteiger partial charge in [0.05, 0.1) is 11.4 Å². The molecule has 0 bridgehead atoms. The monoisotopic (exact) mass is 288 g/mol. The standard InChI is InChI=1S/C15H20N4O2/c1-10-7-18(8-11(2)16-10)15(21)19-9-14(20)17-12-5-3-4-6-13(12)19/h3-6,10-11,16H,7-9H2,1-2H3,(H,17,20). The first kappa shape index (κ1) is 13.9. The lowest BCUT2D eigenvalue weighted by molar-refractivity contribution is -0.115. The van der Waals surface area contributed by atoms with Crippen molar-refractivity contribution in [2.24, 2.45) is 0 Å². The number of anilines is 2. The van der Waals surface area contributed by atoms with Gasteiger partial charge in [-0.3, -0.25) is 9.69 Å². The number of fused-ring (bicyclic) bond motifs is 1. The molecule has 0 aromatic heterocycles. The average molecular weight is 288 g/mol. The fourth-order valence-electron chi connectivity index (χ4n) is 3.06. The van der Waals surface area contributed by atoms with Crippen molar-refractivity contribution in [1.82, 2.24) is 10.2 Å². The van der Waals surface area contributed by atoms with Crippen molar-refractivity contribution in [2.45, 2.75) is 25.9 Å². The molecule has 6 heteroatoms. The summed E-state index contributed by atoms with van der Waals surface area (Å²) in [6.07, 6.45) is 0. The van der Waals surface area contributed by atoms with Crippen molar-refractivity contribution in [2.75, 3.05) is 29.9 Å². The smallest absolute Gasteiger partial charge is 0.323 e. The van der Waals surface area contributed by atoms with Crippen LogP contribution in [0.25, 0.3) is 0 Å². The van der Waals surface area contributed by atoms with E-state index >= 15 is 0 Å². The molecule has 2 heterocycles. The molecule has 21 heavy (non-hydrogen) atoms. The molecule has 0 aliphatic carbocycles. The van der Waals surface area contributed by atoms with Crippen LogP contribution >= 0.6 is 0 Å². The summed E-state index contributed by atoms with van der Waals surface area (Å²) in [5.74, 6) is -0.154. The highest BCUT2D eigenvalue weighted by Gasteiger charge is 2.32. The zero-order valence-electron chi connectivity index (χ0n) is 12.3. The predicted octanol–water partition coefficient (Wildman–Crippen LogP) is 1.25. The van der Waals surface area contributed by atoms with E-state index in [1.165, 1.54) is 0 Å². The first-order valence-electron chi connectivity index (χ1n) is 7.26. The van der Waals surface area contributed by atoms with Gasteiger partial charge in [0.2, 0.25) is 5.91 Å². The Hall–Kier alpha value is -2.08. The molecule has 1 fully saturated rings. The summed E-state index contributed by atoms with van der Waals surface area (Å²) in [4.78, 5) is 28.0. The summed E-state index contributed by atoms with van der Waals surface area (Å²) in [6, 6.07) is 7.81. The molecule has 3 rings (SSSR count). The fourth-order valence-corrected chi connectivity index (χ4v) is 3.06. The maximum absolute atomic E-state index is 12.8. The SMILES string of the molecule is CC1CN(C(=O)N2CC(=O)Nc3ccccc32)CC(C)N1. The Balaban J connectivity index is 1.86. The number of rotatable bonds is 0. The summed E-state index contributed by atoms with van der Waals surface area (Å²) in [5, 5.41) is 6.20. The molecule has 0 spiro atoms. The number of nitrogens with zero attached hydrogens (tertiary/aromatic N) is 2. The minimum atomic E-state index is -0.154. The highest BCUT2D eigenvalue weighted by atomic mass is 16.2. The molecule has 2 N–H and O–H groups in total. The molecule has 2 unspecified atom stereocenters. The highest BCUT2D eigenvalue weighted by molar-refractivity contribution is 6.09. The topological polar surface area (TPSA) is 64.7 Å². The van der Waals surface area contributed by atoms with Crippen LogP contribution in [0.5, 0.6) is 0 Å². The third-order valence-electron chi connectivity index (χ3n) is 3.83. The van der Waals surface area contributed by atoms with Crippen molar-refractivity contribution in [3.63, 3.8) is 0 Å². The molecular formula is C15H20N4O2. The first-order valence-corrected chi connectivity index (χ1v) is 7.26. The van der Waals surface area contributed by atoms with Crippen molar-refractivity contribution >= 4 is 23.3 Å². The molecule has 3 amide bonds. The minimum absolute atomic E-state index is 0.0720. The molecule has 6 nitrogen and oxygen atoms in total. The highest BCUT2D eigenvalue weighted by Crippen LogP contribution is 2.29. The average Bonchev–Trinajstić information content (AvgIpc) is 2.44. The number of benzene rings is 1. The summed E-state index contributed by atoms with van der Waals surface area (Å²) in [7, 11) is 0. The van der Waals surface area contributed by atoms with Gasteiger partial charge in [0.25, 0.3) is 0 Å². The molecule has 2 atom stereocenters. The predicted molar refractivity (Wildman–Crippen MR) is 81.4 cm³/mol. The van der Waals surface area contributed by atoms with Gasteiger partial charge in [-0.15, -0.1) is 0 Å². The second-order valence-electron chi connectivity index (χ2n) is 5.81. The minimum Gasteiger partial charge on any atom is -0.323 e. The van der Waals surface area contributed by atoms with Crippen LogP contribution < -0.4 is 15.5 Å². The summed E-state index contributed by atoms with van der Waals surface area (Å²) < 4.78 is 0. The third kappa shape index (κ3) is 2.71. The van der Waals surface area contributed by atoms with Crippen LogP contribution in [0.1, 0.15) is 13.8 Å². The van der Waals surface area contributed by atoms with E-state index in [0.717, 1.165) is 5.69 Å². The molecule has 112 valence electrons. The van der Waals surface area contributed by atoms with Gasteiger partial charge in [-0.2, -0.15) is 0 Å². The number of nitrogens with one attached hydrogen (secondary N) is 2. The van der Waals surface area contributed by atoms with Gasteiger partial charge < -0.3 is 15.5 Å². The molecule has 0 radical (unpaired) electrons. The Morgan fingerprint density at radius 2 is 1.86 bits per heavy atom. The van der Waals surface area contributed by atoms with Gasteiger partial charge >= 0.3 is 6.03 Å². The van der Waals surface area contributed by atoms with Crippen molar-refractivity contribution in [1.29, 1.82) is 0 Å². The second-order valence-corrected chi connectivity index (χ2v) is 5.81. The van der Waals surface area contributed by atoms with Crippen molar-refractivity contribution < 1.29 is 9.59 Å². The zero-order chi connectivity index (χ0) is 15.0. The van der Waals surface area contributed by atoms with E-state index in [2.05, 4.69) is 24.5 Å². The van der Waals surface area contributed by atoms with E-state index in [-0.39, 0.29) is 30.6 Å². The van der Waals surface area contributed by atoms with Crippen molar-refractivity contribution in [3.05, 3.63) is 24.3 Å². The van der Waals surface area contributed by atoms with E-state index in [9.17, 15) is 9.59 Å². The maximum Gasteiger partial charge on any atom is 0.325 e. The number of hydrogen-bond acceptors (Lipinski definition) is 3. The summed E-state index contributed by atoms with van der Waals surface area (Å²) >= 11 is 0. The van der Waals surface area contributed by atoms with Crippen LogP contribution in [-0.2, 0) is 4.79 Å². The number of carbonyl (C=O) groups excluding carboxylic acids is 2. The van der Waals surface area contributed by atoms with E-state index in [0.29, 0.717) is 18.8 Å². The third-order valence-corrected chi connectivity index (χ3v) is 3.83. The normalized spacial score (nSPS) is 25.3. The molecule has 2 aliphatic rings. The number of para-hydroxylation sites is 2. The van der Waals surface area contributed by atoms with Gasteiger partial charge in [0.1, 0.15) is 6.54 Å². The van der Waals surface area contributed by atoms with Gasteiger partial charge in [0.15, 0.2) is 0 Å². The van der Waals surface area contributed by atoms with Gasteiger partial charge in [0, 0.05) is 25.2 Å².